The van der Waals surface area contributed by atoms with Crippen LogP contribution >= 0.6 is 0 Å². The van der Waals surface area contributed by atoms with Gasteiger partial charge in [0.15, 0.2) is 11.6 Å². The highest BCUT2D eigenvalue weighted by molar-refractivity contribution is 5.46. The topological polar surface area (TPSA) is 72.6 Å². The molecule has 0 spiro atoms. The molecule has 1 fully saturated rings. The summed E-state index contributed by atoms with van der Waals surface area (Å²) >= 11 is 0. The monoisotopic (exact) mass is 255 g/mol. The van der Waals surface area contributed by atoms with Crippen molar-refractivity contribution in [2.75, 3.05) is 7.11 Å². The van der Waals surface area contributed by atoms with E-state index in [0.29, 0.717) is 5.56 Å². The maximum atomic E-state index is 13.4. The van der Waals surface area contributed by atoms with Crippen molar-refractivity contribution in [3.63, 3.8) is 0 Å². The SMILES string of the molecule is COc1cc(CC(O)C2CC2)c([N+](=O)[O-])cc1F. The second-order valence-corrected chi connectivity index (χ2v) is 4.48. The van der Waals surface area contributed by atoms with Gasteiger partial charge in [-0.2, -0.15) is 0 Å². The molecule has 1 N–H and O–H groups in total. The molecule has 1 aromatic carbocycles. The van der Waals surface area contributed by atoms with Crippen molar-refractivity contribution in [2.24, 2.45) is 5.92 Å². The summed E-state index contributed by atoms with van der Waals surface area (Å²) in [6, 6.07) is 2.13. The fourth-order valence-corrected chi connectivity index (χ4v) is 1.95. The summed E-state index contributed by atoms with van der Waals surface area (Å²) in [6.07, 6.45) is 1.41. The maximum absolute atomic E-state index is 13.4. The van der Waals surface area contributed by atoms with Crippen LogP contribution in [0.25, 0.3) is 0 Å². The molecule has 5 nitrogen and oxygen atoms in total. The molecule has 0 amide bonds. The first-order valence-corrected chi connectivity index (χ1v) is 5.71. The first-order chi connectivity index (χ1) is 8.52. The first-order valence-electron chi connectivity index (χ1n) is 5.71. The van der Waals surface area contributed by atoms with Crippen molar-refractivity contribution in [3.8, 4) is 5.75 Å². The minimum atomic E-state index is -0.770. The van der Waals surface area contributed by atoms with Gasteiger partial charge in [-0.05, 0) is 24.8 Å². The van der Waals surface area contributed by atoms with Gasteiger partial charge in [-0.25, -0.2) is 4.39 Å². The third-order valence-electron chi connectivity index (χ3n) is 3.14. The van der Waals surface area contributed by atoms with Crippen LogP contribution in [-0.4, -0.2) is 23.2 Å². The summed E-state index contributed by atoms with van der Waals surface area (Å²) in [5.74, 6) is -0.604. The number of nitro benzene ring substituents is 1. The number of aliphatic hydroxyl groups excluding tert-OH is 1. The van der Waals surface area contributed by atoms with Gasteiger partial charge in [-0.3, -0.25) is 10.1 Å². The molecule has 0 heterocycles. The third-order valence-corrected chi connectivity index (χ3v) is 3.14. The zero-order valence-corrected chi connectivity index (χ0v) is 9.93. The normalized spacial score (nSPS) is 16.4. The van der Waals surface area contributed by atoms with Crippen LogP contribution < -0.4 is 4.74 Å². The summed E-state index contributed by atoms with van der Waals surface area (Å²) in [5, 5.41) is 20.7. The van der Waals surface area contributed by atoms with Crippen molar-refractivity contribution in [3.05, 3.63) is 33.6 Å². The minimum Gasteiger partial charge on any atom is -0.494 e. The Balaban J connectivity index is 2.32. The number of nitro groups is 1. The molecule has 1 aromatic rings. The Morgan fingerprint density at radius 2 is 2.28 bits per heavy atom. The number of aliphatic hydroxyl groups is 1. The summed E-state index contributed by atoms with van der Waals surface area (Å²) < 4.78 is 18.2. The van der Waals surface area contributed by atoms with Crippen molar-refractivity contribution in [1.82, 2.24) is 0 Å². The molecule has 2 rings (SSSR count). The molecule has 6 heteroatoms. The van der Waals surface area contributed by atoms with Gasteiger partial charge in [0.2, 0.25) is 0 Å². The number of rotatable bonds is 5. The van der Waals surface area contributed by atoms with Crippen molar-refractivity contribution >= 4 is 5.69 Å². The molecule has 1 atom stereocenters. The van der Waals surface area contributed by atoms with Crippen molar-refractivity contribution in [2.45, 2.75) is 25.4 Å². The molecule has 0 aliphatic heterocycles. The third kappa shape index (κ3) is 2.59. The van der Waals surface area contributed by atoms with Gasteiger partial charge in [-0.15, -0.1) is 0 Å². The minimum absolute atomic E-state index is 0.0430. The Kier molecular flexibility index (Phi) is 3.47. The zero-order chi connectivity index (χ0) is 13.3. The molecule has 0 bridgehead atoms. The molecule has 0 aromatic heterocycles. The van der Waals surface area contributed by atoms with Crippen LogP contribution in [0.1, 0.15) is 18.4 Å². The second kappa shape index (κ2) is 4.89. The van der Waals surface area contributed by atoms with Crippen LogP contribution in [0.3, 0.4) is 0 Å². The summed E-state index contributed by atoms with van der Waals surface area (Å²) in [4.78, 5) is 10.2. The van der Waals surface area contributed by atoms with E-state index in [4.69, 9.17) is 4.74 Å². The molecule has 18 heavy (non-hydrogen) atoms. The van der Waals surface area contributed by atoms with E-state index in [1.54, 1.807) is 0 Å². The van der Waals surface area contributed by atoms with Crippen LogP contribution in [0.4, 0.5) is 10.1 Å². The van der Waals surface area contributed by atoms with Crippen molar-refractivity contribution in [1.29, 1.82) is 0 Å². The Morgan fingerprint density at radius 3 is 2.78 bits per heavy atom. The fourth-order valence-electron chi connectivity index (χ4n) is 1.95. The highest BCUT2D eigenvalue weighted by Crippen LogP contribution is 2.36. The van der Waals surface area contributed by atoms with E-state index in [1.165, 1.54) is 13.2 Å². The Morgan fingerprint density at radius 1 is 1.61 bits per heavy atom. The lowest BCUT2D eigenvalue weighted by atomic mass is 10.0. The van der Waals surface area contributed by atoms with E-state index in [-0.39, 0.29) is 23.8 Å². The molecule has 1 aliphatic rings. The molecular weight excluding hydrogens is 241 g/mol. The summed E-state index contributed by atoms with van der Waals surface area (Å²) in [5.41, 5.74) is -0.00866. The lowest BCUT2D eigenvalue weighted by Gasteiger charge is -2.11. The van der Waals surface area contributed by atoms with Crippen LogP contribution in [0.15, 0.2) is 12.1 Å². The number of hydrogen-bond donors (Lipinski definition) is 1. The number of nitrogens with zero attached hydrogens (tertiary/aromatic N) is 1. The van der Waals surface area contributed by atoms with E-state index in [2.05, 4.69) is 0 Å². The summed E-state index contributed by atoms with van der Waals surface area (Å²) in [6.45, 7) is 0. The predicted octanol–water partition coefficient (Wildman–Crippen LogP) is 2.06. The average molecular weight is 255 g/mol. The van der Waals surface area contributed by atoms with Gasteiger partial charge in [0.1, 0.15) is 0 Å². The highest BCUT2D eigenvalue weighted by Gasteiger charge is 2.31. The second-order valence-electron chi connectivity index (χ2n) is 4.48. The number of methoxy groups -OCH3 is 1. The average Bonchev–Trinajstić information content (AvgIpc) is 3.14. The molecule has 1 unspecified atom stereocenters. The highest BCUT2D eigenvalue weighted by atomic mass is 19.1. The lowest BCUT2D eigenvalue weighted by Crippen LogP contribution is -2.14. The van der Waals surface area contributed by atoms with E-state index in [9.17, 15) is 19.6 Å². The van der Waals surface area contributed by atoms with Crippen LogP contribution in [0, 0.1) is 21.8 Å². The largest absolute Gasteiger partial charge is 0.494 e. The first kappa shape index (κ1) is 12.8. The van der Waals surface area contributed by atoms with E-state index >= 15 is 0 Å². The lowest BCUT2D eigenvalue weighted by molar-refractivity contribution is -0.385. The maximum Gasteiger partial charge on any atom is 0.275 e. The van der Waals surface area contributed by atoms with Crippen LogP contribution in [-0.2, 0) is 6.42 Å². The Hall–Kier alpha value is -1.69. The predicted molar refractivity (Wildman–Crippen MR) is 62.0 cm³/mol. The van der Waals surface area contributed by atoms with Crippen LogP contribution in [0.5, 0.6) is 5.75 Å². The standard InChI is InChI=1S/C12H14FNO4/c1-18-12-5-8(4-11(15)7-2-3-7)10(14(16)17)6-9(12)13/h5-7,11,15H,2-4H2,1H3. The fraction of sp³-hybridized carbons (Fsp3) is 0.500. The molecule has 98 valence electrons. The van der Waals surface area contributed by atoms with Crippen LogP contribution in [0.2, 0.25) is 0 Å². The Bertz CT molecular complexity index is 473. The van der Waals surface area contributed by atoms with E-state index in [0.717, 1.165) is 18.9 Å². The smallest absolute Gasteiger partial charge is 0.275 e. The van der Waals surface area contributed by atoms with Gasteiger partial charge in [0, 0.05) is 12.0 Å². The number of hydrogen-bond acceptors (Lipinski definition) is 4. The Labute approximate surface area is 103 Å². The molecule has 0 radical (unpaired) electrons. The quantitative estimate of drug-likeness (QED) is 0.645. The van der Waals surface area contributed by atoms with Gasteiger partial charge >= 0.3 is 0 Å². The van der Waals surface area contributed by atoms with Gasteiger partial charge in [0.25, 0.3) is 5.69 Å². The van der Waals surface area contributed by atoms with E-state index < -0.39 is 16.8 Å². The zero-order valence-electron chi connectivity index (χ0n) is 9.93. The van der Waals surface area contributed by atoms with Crippen molar-refractivity contribution < 1.29 is 19.2 Å². The van der Waals surface area contributed by atoms with Gasteiger partial charge in [-0.1, -0.05) is 0 Å². The van der Waals surface area contributed by atoms with E-state index in [1.807, 2.05) is 0 Å². The summed E-state index contributed by atoms with van der Waals surface area (Å²) in [7, 11) is 1.30. The molecular formula is C12H14FNO4. The van der Waals surface area contributed by atoms with Gasteiger partial charge in [0.05, 0.1) is 24.2 Å². The molecule has 0 saturated heterocycles. The number of ether oxygens (including phenoxy) is 1. The molecule has 1 aliphatic carbocycles. The number of benzene rings is 1. The van der Waals surface area contributed by atoms with Gasteiger partial charge < -0.3 is 9.84 Å². The molecule has 1 saturated carbocycles. The number of halogens is 1.